The number of aromatic nitrogens is 1. The van der Waals surface area contributed by atoms with Crippen molar-refractivity contribution in [1.82, 2.24) is 0 Å². The lowest BCUT2D eigenvalue weighted by molar-refractivity contribution is -0.683. The van der Waals surface area contributed by atoms with Crippen LogP contribution in [-0.2, 0) is 18.8 Å². The molecule has 0 bridgehead atoms. The van der Waals surface area contributed by atoms with Gasteiger partial charge >= 0.3 is 0 Å². The van der Waals surface area contributed by atoms with Gasteiger partial charge in [-0.25, -0.2) is 9.47 Å². The monoisotopic (exact) mass is 411 g/mol. The van der Waals surface area contributed by atoms with Crippen molar-refractivity contribution in [3.8, 4) is 5.75 Å². The van der Waals surface area contributed by atoms with Crippen molar-refractivity contribution >= 4 is 21.7 Å². The van der Waals surface area contributed by atoms with E-state index < -0.39 is 5.72 Å². The molecule has 1 aromatic heterocycles. The van der Waals surface area contributed by atoms with E-state index in [2.05, 4.69) is 25.4 Å². The van der Waals surface area contributed by atoms with Crippen molar-refractivity contribution in [3.05, 3.63) is 88.5 Å². The van der Waals surface area contributed by atoms with Crippen LogP contribution in [0.25, 0.3) is 0 Å². The minimum absolute atomic E-state index is 0.487. The zero-order valence-electron chi connectivity index (χ0n) is 14.5. The summed E-state index contributed by atoms with van der Waals surface area (Å²) in [6.45, 7) is 1.08. The number of ether oxygens (including phenoxy) is 1. The fourth-order valence-electron chi connectivity index (χ4n) is 3.45. The average molecular weight is 412 g/mol. The molecule has 0 fully saturated rings. The van der Waals surface area contributed by atoms with Crippen LogP contribution in [0.2, 0.25) is 0 Å². The smallest absolute Gasteiger partial charge is 0.279 e. The second kappa shape index (κ2) is 6.74. The van der Waals surface area contributed by atoms with Crippen molar-refractivity contribution in [2.45, 2.75) is 18.8 Å². The minimum Gasteiger partial charge on any atom is -0.497 e. The molecule has 0 amide bonds. The molecule has 1 aliphatic rings. The molecule has 0 radical (unpaired) electrons. The van der Waals surface area contributed by atoms with E-state index in [0.29, 0.717) is 13.1 Å². The van der Waals surface area contributed by atoms with Crippen molar-refractivity contribution in [2.24, 2.45) is 0 Å². The molecular weight excluding hydrogens is 392 g/mol. The molecule has 5 heteroatoms. The number of hydrogen-bond acceptors (Lipinski definition) is 3. The van der Waals surface area contributed by atoms with E-state index in [1.807, 2.05) is 72.9 Å². The van der Waals surface area contributed by atoms with Gasteiger partial charge in [-0.05, 0) is 35.9 Å². The van der Waals surface area contributed by atoms with E-state index in [1.54, 1.807) is 7.11 Å². The number of pyridine rings is 1. The highest BCUT2D eigenvalue weighted by Crippen LogP contribution is 2.36. The summed E-state index contributed by atoms with van der Waals surface area (Å²) in [5.41, 5.74) is 0.881. The van der Waals surface area contributed by atoms with Crippen LogP contribution in [0.5, 0.6) is 5.75 Å². The Bertz CT molecular complexity index is 912. The summed E-state index contributed by atoms with van der Waals surface area (Å²) in [5.74, 6) is 1.82. The van der Waals surface area contributed by atoms with E-state index >= 15 is 0 Å². The van der Waals surface area contributed by atoms with Gasteiger partial charge in [0.1, 0.15) is 12.3 Å². The molecular formula is C21H20BrN2O2+. The number of methoxy groups -OCH3 is 1. The summed E-state index contributed by atoms with van der Waals surface area (Å²) in [6, 6.07) is 21.9. The van der Waals surface area contributed by atoms with Gasteiger partial charge < -0.3 is 9.84 Å². The quantitative estimate of drug-likeness (QED) is 0.666. The number of benzene rings is 2. The molecule has 26 heavy (non-hydrogen) atoms. The maximum absolute atomic E-state index is 11.7. The summed E-state index contributed by atoms with van der Waals surface area (Å²) in [6.07, 6.45) is 2.01. The van der Waals surface area contributed by atoms with Gasteiger partial charge in [-0.3, -0.25) is 0 Å². The molecule has 2 aromatic carbocycles. The maximum Gasteiger partial charge on any atom is 0.279 e. The Morgan fingerprint density at radius 1 is 1.08 bits per heavy atom. The summed E-state index contributed by atoms with van der Waals surface area (Å²) >= 11 is 3.47. The fourth-order valence-corrected chi connectivity index (χ4v) is 3.71. The SMILES string of the molecule is COc1ccc(CN2c3cccc[n+]3C[C@]2(O)c2ccc(Br)cc2)cc1. The van der Waals surface area contributed by atoms with Gasteiger partial charge in [-0.15, -0.1) is 0 Å². The largest absolute Gasteiger partial charge is 0.497 e. The number of anilines is 1. The topological polar surface area (TPSA) is 36.6 Å². The van der Waals surface area contributed by atoms with E-state index in [0.717, 1.165) is 27.2 Å². The van der Waals surface area contributed by atoms with Crippen LogP contribution in [0.3, 0.4) is 0 Å². The molecule has 0 saturated carbocycles. The molecule has 0 aliphatic carbocycles. The van der Waals surface area contributed by atoms with Crippen molar-refractivity contribution in [2.75, 3.05) is 12.0 Å². The standard InChI is InChI=1S/C21H20BrN2O2/c1-26-19-11-5-16(6-12-19)14-24-20-4-2-3-13-23(20)15-21(24,25)17-7-9-18(22)10-8-17/h2-13,25H,14-15H2,1H3/q+1/t21-/m0/s1. The normalized spacial score (nSPS) is 18.7. The third-order valence-electron chi connectivity index (χ3n) is 4.84. The lowest BCUT2D eigenvalue weighted by Gasteiger charge is -2.27. The molecule has 2 heterocycles. The summed E-state index contributed by atoms with van der Waals surface area (Å²) in [5, 5.41) is 11.7. The first-order chi connectivity index (χ1) is 12.6. The lowest BCUT2D eigenvalue weighted by atomic mass is 10.0. The molecule has 4 rings (SSSR count). The zero-order valence-corrected chi connectivity index (χ0v) is 16.1. The van der Waals surface area contributed by atoms with E-state index in [9.17, 15) is 5.11 Å². The Kier molecular flexibility index (Phi) is 4.42. The highest BCUT2D eigenvalue weighted by molar-refractivity contribution is 9.10. The van der Waals surface area contributed by atoms with Crippen molar-refractivity contribution < 1.29 is 14.4 Å². The molecule has 1 N–H and O–H groups in total. The van der Waals surface area contributed by atoms with Gasteiger partial charge in [0.05, 0.1) is 13.3 Å². The average Bonchev–Trinajstić information content (AvgIpc) is 2.96. The third kappa shape index (κ3) is 2.97. The molecule has 0 spiro atoms. The summed E-state index contributed by atoms with van der Waals surface area (Å²) in [4.78, 5) is 2.05. The van der Waals surface area contributed by atoms with Gasteiger partial charge in [0, 0.05) is 16.1 Å². The van der Waals surface area contributed by atoms with E-state index in [4.69, 9.17) is 4.74 Å². The number of halogens is 1. The predicted octanol–water partition coefficient (Wildman–Crippen LogP) is 3.61. The molecule has 0 saturated heterocycles. The number of nitrogens with zero attached hydrogens (tertiary/aromatic N) is 2. The maximum atomic E-state index is 11.7. The molecule has 1 aliphatic heterocycles. The van der Waals surface area contributed by atoms with Crippen LogP contribution in [0.15, 0.2) is 77.4 Å². The number of rotatable bonds is 4. The van der Waals surface area contributed by atoms with E-state index in [-0.39, 0.29) is 0 Å². The third-order valence-corrected chi connectivity index (χ3v) is 5.37. The molecule has 0 unspecified atom stereocenters. The highest BCUT2D eigenvalue weighted by Gasteiger charge is 2.51. The Labute approximate surface area is 161 Å². The molecule has 1 atom stereocenters. The second-order valence-corrected chi connectivity index (χ2v) is 7.36. The van der Waals surface area contributed by atoms with Crippen LogP contribution >= 0.6 is 15.9 Å². The van der Waals surface area contributed by atoms with Crippen LogP contribution < -0.4 is 14.2 Å². The zero-order chi connectivity index (χ0) is 18.1. The number of fused-ring (bicyclic) bond motifs is 1. The number of aliphatic hydroxyl groups is 1. The lowest BCUT2D eigenvalue weighted by Crippen LogP contribution is -2.45. The van der Waals surface area contributed by atoms with Gasteiger partial charge in [0.15, 0.2) is 6.54 Å². The van der Waals surface area contributed by atoms with Crippen molar-refractivity contribution in [1.29, 1.82) is 0 Å². The predicted molar refractivity (Wildman–Crippen MR) is 104 cm³/mol. The van der Waals surface area contributed by atoms with Gasteiger partial charge in [0.2, 0.25) is 0 Å². The highest BCUT2D eigenvalue weighted by atomic mass is 79.9. The van der Waals surface area contributed by atoms with Crippen molar-refractivity contribution in [3.63, 3.8) is 0 Å². The molecule has 4 nitrogen and oxygen atoms in total. The van der Waals surface area contributed by atoms with Crippen LogP contribution in [0.1, 0.15) is 11.1 Å². The Hall–Kier alpha value is -2.37. The first-order valence-electron chi connectivity index (χ1n) is 8.47. The van der Waals surface area contributed by atoms with E-state index in [1.165, 1.54) is 0 Å². The minimum atomic E-state index is -1.10. The van der Waals surface area contributed by atoms with Gasteiger partial charge in [-0.1, -0.05) is 46.3 Å². The first kappa shape index (κ1) is 17.1. The molecule has 3 aromatic rings. The van der Waals surface area contributed by atoms with Gasteiger partial charge in [0.25, 0.3) is 11.5 Å². The number of hydrogen-bond donors (Lipinski definition) is 1. The Morgan fingerprint density at radius 3 is 2.50 bits per heavy atom. The first-order valence-corrected chi connectivity index (χ1v) is 9.27. The van der Waals surface area contributed by atoms with Gasteiger partial charge in [-0.2, -0.15) is 0 Å². The fraction of sp³-hybridized carbons (Fsp3) is 0.190. The molecule has 132 valence electrons. The Morgan fingerprint density at radius 2 is 1.81 bits per heavy atom. The van der Waals surface area contributed by atoms with Crippen LogP contribution in [0, 0.1) is 0 Å². The second-order valence-electron chi connectivity index (χ2n) is 6.44. The summed E-state index contributed by atoms with van der Waals surface area (Å²) < 4.78 is 8.33. The van der Waals surface area contributed by atoms with Crippen LogP contribution in [0.4, 0.5) is 5.82 Å². The summed E-state index contributed by atoms with van der Waals surface area (Å²) in [7, 11) is 1.66. The Balaban J connectivity index is 1.74. The van der Waals surface area contributed by atoms with Crippen LogP contribution in [-0.4, -0.2) is 12.2 Å².